The molecule has 0 spiro atoms. The molecule has 0 aromatic rings. The number of unbranched alkanes of at least 4 members (excludes halogenated alkanes) is 4. The van der Waals surface area contributed by atoms with Crippen molar-refractivity contribution < 1.29 is 9.47 Å². The van der Waals surface area contributed by atoms with Crippen molar-refractivity contribution >= 4 is 22.6 Å². The van der Waals surface area contributed by atoms with E-state index in [2.05, 4.69) is 34.7 Å². The number of halogens is 1. The maximum Gasteiger partial charge on any atom is 0.156 e. The first kappa shape index (κ1) is 16.4. The first-order chi connectivity index (χ1) is 7.85. The molecule has 0 aliphatic carbocycles. The molecule has 96 valence electrons. The Balaban J connectivity index is 3.15. The van der Waals surface area contributed by atoms with Crippen molar-refractivity contribution in [2.45, 2.75) is 51.2 Å². The molecule has 0 N–H and O–H groups in total. The van der Waals surface area contributed by atoms with Crippen LogP contribution in [0.15, 0.2) is 12.2 Å². The number of methoxy groups -OCH3 is 2. The topological polar surface area (TPSA) is 18.5 Å². The number of allylic oxidation sites excluding steroid dienone is 2. The molecule has 0 bridgehead atoms. The monoisotopic (exact) mass is 340 g/mol. The third kappa shape index (κ3) is 10.9. The normalized spacial score (nSPS) is 11.8. The zero-order valence-corrected chi connectivity index (χ0v) is 12.7. The van der Waals surface area contributed by atoms with Gasteiger partial charge in [-0.05, 0) is 32.1 Å². The summed E-state index contributed by atoms with van der Waals surface area (Å²) in [7, 11) is 3.40. The van der Waals surface area contributed by atoms with Crippen molar-refractivity contribution in [3.63, 3.8) is 0 Å². The van der Waals surface area contributed by atoms with Crippen LogP contribution < -0.4 is 0 Å². The fourth-order valence-corrected chi connectivity index (χ4v) is 1.92. The molecule has 2 nitrogen and oxygen atoms in total. The highest BCUT2D eigenvalue weighted by Gasteiger charge is 2.03. The van der Waals surface area contributed by atoms with Crippen molar-refractivity contribution in [3.05, 3.63) is 12.2 Å². The van der Waals surface area contributed by atoms with E-state index in [9.17, 15) is 0 Å². The van der Waals surface area contributed by atoms with E-state index in [0.29, 0.717) is 0 Å². The summed E-state index contributed by atoms with van der Waals surface area (Å²) in [6.45, 7) is 0. The van der Waals surface area contributed by atoms with Crippen LogP contribution in [0.2, 0.25) is 0 Å². The van der Waals surface area contributed by atoms with E-state index < -0.39 is 0 Å². The molecule has 0 aromatic carbocycles. The number of hydrogen-bond acceptors (Lipinski definition) is 2. The summed E-state index contributed by atoms with van der Waals surface area (Å²) in [5, 5.41) is 0. The number of hydrogen-bond donors (Lipinski definition) is 0. The predicted octanol–water partition coefficient (Wildman–Crippen LogP) is 4.33. The minimum atomic E-state index is -0.0106. The van der Waals surface area contributed by atoms with Crippen LogP contribution in [0.4, 0.5) is 0 Å². The van der Waals surface area contributed by atoms with Crippen molar-refractivity contribution in [3.8, 4) is 0 Å². The lowest BCUT2D eigenvalue weighted by atomic mass is 10.1. The van der Waals surface area contributed by atoms with E-state index >= 15 is 0 Å². The first-order valence-electron chi connectivity index (χ1n) is 6.11. The van der Waals surface area contributed by atoms with E-state index in [1.54, 1.807) is 14.2 Å². The molecule has 0 aliphatic rings. The van der Waals surface area contributed by atoms with Crippen molar-refractivity contribution in [2.75, 3.05) is 18.6 Å². The van der Waals surface area contributed by atoms with E-state index in [0.717, 1.165) is 6.42 Å². The fourth-order valence-electron chi connectivity index (χ4n) is 1.56. The SMILES string of the molecule is COC(CCCCCC/C=C/CCI)OC. The highest BCUT2D eigenvalue weighted by atomic mass is 127. The van der Waals surface area contributed by atoms with Gasteiger partial charge in [-0.1, -0.05) is 47.6 Å². The molecule has 0 rings (SSSR count). The summed E-state index contributed by atoms with van der Waals surface area (Å²) in [4.78, 5) is 0. The quantitative estimate of drug-likeness (QED) is 0.183. The molecule has 0 heterocycles. The molecule has 0 atom stereocenters. The predicted molar refractivity (Wildman–Crippen MR) is 78.2 cm³/mol. The summed E-state index contributed by atoms with van der Waals surface area (Å²) in [5.41, 5.74) is 0. The van der Waals surface area contributed by atoms with Crippen molar-refractivity contribution in [1.82, 2.24) is 0 Å². The van der Waals surface area contributed by atoms with Crippen LogP contribution in [-0.4, -0.2) is 24.9 Å². The van der Waals surface area contributed by atoms with Crippen LogP contribution in [0.3, 0.4) is 0 Å². The molecule has 0 aromatic heterocycles. The first-order valence-corrected chi connectivity index (χ1v) is 7.64. The van der Waals surface area contributed by atoms with Crippen LogP contribution in [0.5, 0.6) is 0 Å². The third-order valence-electron chi connectivity index (χ3n) is 2.53. The zero-order chi connectivity index (χ0) is 12.1. The summed E-state index contributed by atoms with van der Waals surface area (Å²) in [5.74, 6) is 0. The van der Waals surface area contributed by atoms with E-state index in [1.807, 2.05) is 0 Å². The molecule has 0 fully saturated rings. The van der Waals surface area contributed by atoms with Crippen LogP contribution in [0.25, 0.3) is 0 Å². The summed E-state index contributed by atoms with van der Waals surface area (Å²) >= 11 is 2.41. The molecule has 0 saturated heterocycles. The van der Waals surface area contributed by atoms with Crippen molar-refractivity contribution in [1.29, 1.82) is 0 Å². The van der Waals surface area contributed by atoms with Gasteiger partial charge in [0.2, 0.25) is 0 Å². The standard InChI is InChI=1S/C13H25IO2/c1-15-13(16-2)11-9-7-5-3-4-6-8-10-12-14/h6,8,13H,3-5,7,9-12H2,1-2H3/b8-6+. The molecule has 0 amide bonds. The average molecular weight is 340 g/mol. The minimum absolute atomic E-state index is 0.0106. The van der Waals surface area contributed by atoms with Gasteiger partial charge in [0, 0.05) is 18.6 Å². The van der Waals surface area contributed by atoms with Crippen LogP contribution in [0.1, 0.15) is 44.9 Å². The number of ether oxygens (including phenoxy) is 2. The van der Waals surface area contributed by atoms with Gasteiger partial charge < -0.3 is 9.47 Å². The lowest BCUT2D eigenvalue weighted by Crippen LogP contribution is -2.12. The van der Waals surface area contributed by atoms with Gasteiger partial charge in [-0.2, -0.15) is 0 Å². The molecule has 0 unspecified atom stereocenters. The van der Waals surface area contributed by atoms with Gasteiger partial charge in [-0.25, -0.2) is 0 Å². The van der Waals surface area contributed by atoms with Gasteiger partial charge in [0.1, 0.15) is 0 Å². The van der Waals surface area contributed by atoms with E-state index in [1.165, 1.54) is 43.0 Å². The molecular weight excluding hydrogens is 315 g/mol. The van der Waals surface area contributed by atoms with Gasteiger partial charge in [0.25, 0.3) is 0 Å². The molecule has 16 heavy (non-hydrogen) atoms. The van der Waals surface area contributed by atoms with Crippen LogP contribution >= 0.6 is 22.6 Å². The molecular formula is C13H25IO2. The molecule has 3 heteroatoms. The highest BCUT2D eigenvalue weighted by Crippen LogP contribution is 2.09. The van der Waals surface area contributed by atoms with Crippen LogP contribution in [-0.2, 0) is 9.47 Å². The largest absolute Gasteiger partial charge is 0.356 e. The third-order valence-corrected chi connectivity index (χ3v) is 3.15. The average Bonchev–Trinajstić information content (AvgIpc) is 2.32. The van der Waals surface area contributed by atoms with Gasteiger partial charge in [-0.15, -0.1) is 0 Å². The van der Waals surface area contributed by atoms with E-state index in [4.69, 9.17) is 9.47 Å². The molecule has 0 saturated carbocycles. The lowest BCUT2D eigenvalue weighted by Gasteiger charge is -2.12. The van der Waals surface area contributed by atoms with Gasteiger partial charge in [-0.3, -0.25) is 0 Å². The lowest BCUT2D eigenvalue weighted by molar-refractivity contribution is -0.107. The second-order valence-corrected chi connectivity index (χ2v) is 4.92. The Hall–Kier alpha value is 0.390. The highest BCUT2D eigenvalue weighted by molar-refractivity contribution is 14.1. The summed E-state index contributed by atoms with van der Waals surface area (Å²) in [6.07, 6.45) is 13.1. The number of rotatable bonds is 11. The Morgan fingerprint density at radius 3 is 2.19 bits per heavy atom. The Labute approximate surface area is 114 Å². The second-order valence-electron chi connectivity index (χ2n) is 3.84. The summed E-state index contributed by atoms with van der Waals surface area (Å²) in [6, 6.07) is 0. The number of alkyl halides is 1. The van der Waals surface area contributed by atoms with Crippen molar-refractivity contribution in [2.24, 2.45) is 0 Å². The fraction of sp³-hybridized carbons (Fsp3) is 0.846. The Bertz CT molecular complexity index is 156. The molecule has 0 aliphatic heterocycles. The maximum absolute atomic E-state index is 5.14. The van der Waals surface area contributed by atoms with Gasteiger partial charge in [0.05, 0.1) is 0 Å². The Morgan fingerprint density at radius 2 is 1.56 bits per heavy atom. The Morgan fingerprint density at radius 1 is 0.938 bits per heavy atom. The van der Waals surface area contributed by atoms with Gasteiger partial charge >= 0.3 is 0 Å². The Kier molecular flexibility index (Phi) is 13.8. The summed E-state index contributed by atoms with van der Waals surface area (Å²) < 4.78 is 11.5. The van der Waals surface area contributed by atoms with Crippen LogP contribution in [0, 0.1) is 0 Å². The van der Waals surface area contributed by atoms with Gasteiger partial charge in [0.15, 0.2) is 6.29 Å². The van der Waals surface area contributed by atoms with E-state index in [-0.39, 0.29) is 6.29 Å². The maximum atomic E-state index is 5.14. The smallest absolute Gasteiger partial charge is 0.156 e. The second kappa shape index (κ2) is 13.5. The molecule has 0 radical (unpaired) electrons. The zero-order valence-electron chi connectivity index (χ0n) is 10.6. The minimum Gasteiger partial charge on any atom is -0.356 e.